The molecule has 0 aromatic heterocycles. The zero-order valence-electron chi connectivity index (χ0n) is 10.7. The number of nitrogens with zero attached hydrogens (tertiary/aromatic N) is 1. The second-order valence-corrected chi connectivity index (χ2v) is 5.81. The monoisotopic (exact) mass is 225 g/mol. The lowest BCUT2D eigenvalue weighted by Crippen LogP contribution is -2.45. The lowest BCUT2D eigenvalue weighted by atomic mass is 9.86. The summed E-state index contributed by atoms with van der Waals surface area (Å²) in [4.78, 5) is 2.64. The van der Waals surface area contributed by atoms with Gasteiger partial charge in [-0.25, -0.2) is 0 Å². The van der Waals surface area contributed by atoms with Crippen LogP contribution < -0.4 is 0 Å². The predicted octanol–water partition coefficient (Wildman–Crippen LogP) is 2.80. The van der Waals surface area contributed by atoms with E-state index >= 15 is 0 Å². The van der Waals surface area contributed by atoms with Crippen molar-refractivity contribution in [2.45, 2.75) is 70.4 Å². The molecule has 94 valence electrons. The lowest BCUT2D eigenvalue weighted by molar-refractivity contribution is 0.0742. The fourth-order valence-electron chi connectivity index (χ4n) is 3.59. The normalized spacial score (nSPS) is 32.4. The minimum Gasteiger partial charge on any atom is -0.395 e. The molecule has 0 amide bonds. The first kappa shape index (κ1) is 12.4. The molecule has 0 spiro atoms. The van der Waals surface area contributed by atoms with E-state index in [2.05, 4.69) is 11.8 Å². The lowest BCUT2D eigenvalue weighted by Gasteiger charge is -2.39. The molecule has 0 radical (unpaired) electrons. The largest absolute Gasteiger partial charge is 0.395 e. The van der Waals surface area contributed by atoms with E-state index in [1.54, 1.807) is 0 Å². The Hall–Kier alpha value is -0.0800. The van der Waals surface area contributed by atoms with Crippen LogP contribution in [0.15, 0.2) is 0 Å². The average Bonchev–Trinajstić information content (AvgIpc) is 2.81. The van der Waals surface area contributed by atoms with Crippen molar-refractivity contribution in [1.82, 2.24) is 4.90 Å². The van der Waals surface area contributed by atoms with Crippen LogP contribution in [0.1, 0.15) is 58.3 Å². The van der Waals surface area contributed by atoms with Crippen molar-refractivity contribution in [2.24, 2.45) is 5.92 Å². The van der Waals surface area contributed by atoms with Crippen LogP contribution in [0.25, 0.3) is 0 Å². The first-order valence-corrected chi connectivity index (χ1v) is 7.18. The molecule has 0 aromatic carbocycles. The highest BCUT2D eigenvalue weighted by atomic mass is 16.3. The Balaban J connectivity index is 1.90. The molecule has 0 unspecified atom stereocenters. The summed E-state index contributed by atoms with van der Waals surface area (Å²) in [5.41, 5.74) is 0. The molecule has 16 heavy (non-hydrogen) atoms. The summed E-state index contributed by atoms with van der Waals surface area (Å²) in [5.74, 6) is 0.927. The third-order valence-electron chi connectivity index (χ3n) is 4.61. The van der Waals surface area contributed by atoms with Gasteiger partial charge in [0.05, 0.1) is 6.61 Å². The highest BCUT2D eigenvalue weighted by Gasteiger charge is 2.30. The van der Waals surface area contributed by atoms with Crippen molar-refractivity contribution >= 4 is 0 Å². The van der Waals surface area contributed by atoms with Gasteiger partial charge in [0.2, 0.25) is 0 Å². The van der Waals surface area contributed by atoms with Gasteiger partial charge < -0.3 is 5.11 Å². The SMILES string of the molecule is CC1CCC(N(CCO)C2CCCC2)CC1. The summed E-state index contributed by atoms with van der Waals surface area (Å²) < 4.78 is 0. The van der Waals surface area contributed by atoms with Gasteiger partial charge in [-0.2, -0.15) is 0 Å². The zero-order chi connectivity index (χ0) is 11.4. The van der Waals surface area contributed by atoms with E-state index in [1.165, 1.54) is 51.4 Å². The maximum Gasteiger partial charge on any atom is 0.0558 e. The summed E-state index contributed by atoms with van der Waals surface area (Å²) in [7, 11) is 0. The quantitative estimate of drug-likeness (QED) is 0.795. The number of hydrogen-bond donors (Lipinski definition) is 1. The Labute approximate surface area is 100 Å². The van der Waals surface area contributed by atoms with Gasteiger partial charge in [0, 0.05) is 18.6 Å². The first-order valence-electron chi connectivity index (χ1n) is 7.18. The van der Waals surface area contributed by atoms with Crippen molar-refractivity contribution in [1.29, 1.82) is 0 Å². The van der Waals surface area contributed by atoms with Gasteiger partial charge in [0.15, 0.2) is 0 Å². The molecule has 2 heteroatoms. The fourth-order valence-corrected chi connectivity index (χ4v) is 3.59. The predicted molar refractivity (Wildman–Crippen MR) is 67.5 cm³/mol. The van der Waals surface area contributed by atoms with E-state index in [-0.39, 0.29) is 0 Å². The Morgan fingerprint density at radius 3 is 2.06 bits per heavy atom. The van der Waals surface area contributed by atoms with E-state index in [1.807, 2.05) is 0 Å². The van der Waals surface area contributed by atoms with Gasteiger partial charge in [0.25, 0.3) is 0 Å². The fraction of sp³-hybridized carbons (Fsp3) is 1.00. The average molecular weight is 225 g/mol. The van der Waals surface area contributed by atoms with Crippen LogP contribution >= 0.6 is 0 Å². The molecular weight excluding hydrogens is 198 g/mol. The van der Waals surface area contributed by atoms with Gasteiger partial charge in [-0.05, 0) is 44.4 Å². The molecule has 1 N–H and O–H groups in total. The molecule has 2 fully saturated rings. The maximum absolute atomic E-state index is 9.24. The van der Waals surface area contributed by atoms with Crippen LogP contribution in [0, 0.1) is 5.92 Å². The second kappa shape index (κ2) is 6.02. The summed E-state index contributed by atoms with van der Waals surface area (Å²) in [6.45, 7) is 3.62. The molecule has 0 saturated heterocycles. The molecule has 0 atom stereocenters. The standard InChI is InChI=1S/C14H27NO/c1-12-6-8-14(9-7-12)15(10-11-16)13-4-2-3-5-13/h12-14,16H,2-11H2,1H3. The van der Waals surface area contributed by atoms with Gasteiger partial charge >= 0.3 is 0 Å². The summed E-state index contributed by atoms with van der Waals surface area (Å²) in [6, 6.07) is 1.55. The number of aliphatic hydroxyl groups excluding tert-OH is 1. The van der Waals surface area contributed by atoms with Crippen LogP contribution in [0.4, 0.5) is 0 Å². The van der Waals surface area contributed by atoms with Crippen molar-refractivity contribution in [3.05, 3.63) is 0 Å². The highest BCUT2D eigenvalue weighted by Crippen LogP contribution is 2.32. The molecule has 0 aromatic rings. The van der Waals surface area contributed by atoms with Crippen LogP contribution in [-0.2, 0) is 0 Å². The van der Waals surface area contributed by atoms with Crippen molar-refractivity contribution in [2.75, 3.05) is 13.2 Å². The molecule has 0 aliphatic heterocycles. The molecule has 2 rings (SSSR count). The van der Waals surface area contributed by atoms with Crippen molar-refractivity contribution in [3.8, 4) is 0 Å². The minimum atomic E-state index is 0.336. The molecule has 2 aliphatic rings. The first-order chi connectivity index (χ1) is 7.81. The van der Waals surface area contributed by atoms with E-state index in [9.17, 15) is 5.11 Å². The number of aliphatic hydroxyl groups is 1. The Kier molecular flexibility index (Phi) is 4.66. The van der Waals surface area contributed by atoms with Crippen LogP contribution in [-0.4, -0.2) is 35.2 Å². The molecule has 0 bridgehead atoms. The van der Waals surface area contributed by atoms with E-state index in [4.69, 9.17) is 0 Å². The number of hydrogen-bond acceptors (Lipinski definition) is 2. The van der Waals surface area contributed by atoms with E-state index in [0.29, 0.717) is 6.61 Å². The molecule has 0 heterocycles. The third kappa shape index (κ3) is 2.98. The third-order valence-corrected chi connectivity index (χ3v) is 4.61. The molecular formula is C14H27NO. The zero-order valence-corrected chi connectivity index (χ0v) is 10.7. The summed E-state index contributed by atoms with van der Waals surface area (Å²) in [6.07, 6.45) is 11.0. The van der Waals surface area contributed by atoms with Gasteiger partial charge in [-0.1, -0.05) is 19.8 Å². The van der Waals surface area contributed by atoms with E-state index in [0.717, 1.165) is 24.5 Å². The van der Waals surface area contributed by atoms with Crippen LogP contribution in [0.5, 0.6) is 0 Å². The van der Waals surface area contributed by atoms with Gasteiger partial charge in [-0.15, -0.1) is 0 Å². The van der Waals surface area contributed by atoms with Gasteiger partial charge in [-0.3, -0.25) is 4.90 Å². The highest BCUT2D eigenvalue weighted by molar-refractivity contribution is 4.85. The smallest absolute Gasteiger partial charge is 0.0558 e. The van der Waals surface area contributed by atoms with Crippen LogP contribution in [0.2, 0.25) is 0 Å². The van der Waals surface area contributed by atoms with Crippen LogP contribution in [0.3, 0.4) is 0 Å². The molecule has 2 aliphatic carbocycles. The molecule has 2 saturated carbocycles. The summed E-state index contributed by atoms with van der Waals surface area (Å²) >= 11 is 0. The molecule has 2 nitrogen and oxygen atoms in total. The van der Waals surface area contributed by atoms with Crippen molar-refractivity contribution in [3.63, 3.8) is 0 Å². The maximum atomic E-state index is 9.24. The summed E-state index contributed by atoms with van der Waals surface area (Å²) in [5, 5.41) is 9.24. The topological polar surface area (TPSA) is 23.5 Å². The Morgan fingerprint density at radius 2 is 1.50 bits per heavy atom. The Morgan fingerprint density at radius 1 is 0.938 bits per heavy atom. The minimum absolute atomic E-state index is 0.336. The van der Waals surface area contributed by atoms with Gasteiger partial charge in [0.1, 0.15) is 0 Å². The second-order valence-electron chi connectivity index (χ2n) is 5.81. The number of rotatable bonds is 4. The Bertz CT molecular complexity index is 193. The van der Waals surface area contributed by atoms with Crippen molar-refractivity contribution < 1.29 is 5.11 Å². The van der Waals surface area contributed by atoms with E-state index < -0.39 is 0 Å².